The van der Waals surface area contributed by atoms with Gasteiger partial charge in [-0.15, -0.1) is 5.10 Å². The molecule has 6 nitrogen and oxygen atoms in total. The molecule has 0 saturated heterocycles. The Kier molecular flexibility index (Phi) is 4.81. The number of hydrogen-bond acceptors (Lipinski definition) is 6. The highest BCUT2D eigenvalue weighted by atomic mass is 19.1. The minimum absolute atomic E-state index is 0.263. The van der Waals surface area contributed by atoms with Gasteiger partial charge in [-0.05, 0) is 29.8 Å². The van der Waals surface area contributed by atoms with E-state index in [0.29, 0.717) is 18.3 Å². The summed E-state index contributed by atoms with van der Waals surface area (Å²) in [6.45, 7) is 0.477. The fourth-order valence-corrected chi connectivity index (χ4v) is 2.07. The maximum Gasteiger partial charge on any atom is 0.244 e. The van der Waals surface area contributed by atoms with Crippen molar-refractivity contribution in [1.82, 2.24) is 15.2 Å². The number of nitrogens with one attached hydrogen (secondary N) is 2. The van der Waals surface area contributed by atoms with Gasteiger partial charge in [-0.25, -0.2) is 4.39 Å². The van der Waals surface area contributed by atoms with Crippen molar-refractivity contribution in [3.63, 3.8) is 0 Å². The molecule has 2 N–H and O–H groups in total. The second kappa shape index (κ2) is 7.36. The molecule has 0 saturated carbocycles. The molecule has 122 valence electrons. The first-order chi connectivity index (χ1) is 11.7. The van der Waals surface area contributed by atoms with E-state index in [1.165, 1.54) is 18.3 Å². The van der Waals surface area contributed by atoms with Crippen molar-refractivity contribution in [2.75, 3.05) is 17.7 Å². The summed E-state index contributed by atoms with van der Waals surface area (Å²) in [5.41, 5.74) is 1.76. The zero-order valence-electron chi connectivity index (χ0n) is 13.0. The second-order valence-electron chi connectivity index (χ2n) is 5.00. The van der Waals surface area contributed by atoms with E-state index in [1.807, 2.05) is 24.3 Å². The first kappa shape index (κ1) is 15.7. The van der Waals surface area contributed by atoms with Gasteiger partial charge in [-0.3, -0.25) is 0 Å². The Hall–Kier alpha value is -3.22. The normalized spacial score (nSPS) is 10.2. The van der Waals surface area contributed by atoms with Crippen molar-refractivity contribution in [2.24, 2.45) is 0 Å². The molecule has 1 heterocycles. The number of rotatable bonds is 6. The van der Waals surface area contributed by atoms with E-state index in [4.69, 9.17) is 4.74 Å². The molecule has 0 aliphatic carbocycles. The third-order valence-electron chi connectivity index (χ3n) is 3.26. The zero-order valence-corrected chi connectivity index (χ0v) is 13.0. The molecule has 3 rings (SSSR count). The summed E-state index contributed by atoms with van der Waals surface area (Å²) in [5, 5.41) is 14.1. The largest absolute Gasteiger partial charge is 0.497 e. The lowest BCUT2D eigenvalue weighted by Gasteiger charge is -2.08. The Labute approximate surface area is 138 Å². The molecule has 0 bridgehead atoms. The fourth-order valence-electron chi connectivity index (χ4n) is 2.07. The molecule has 0 radical (unpaired) electrons. The maximum absolute atomic E-state index is 12.9. The highest BCUT2D eigenvalue weighted by Crippen LogP contribution is 2.20. The second-order valence-corrected chi connectivity index (χ2v) is 5.00. The fraction of sp³-hybridized carbons (Fsp3) is 0.118. The quantitative estimate of drug-likeness (QED) is 0.724. The molecule has 7 heteroatoms. The molecule has 0 spiro atoms. The van der Waals surface area contributed by atoms with Crippen LogP contribution in [-0.4, -0.2) is 22.3 Å². The van der Waals surface area contributed by atoms with Crippen LogP contribution in [0.2, 0.25) is 0 Å². The summed E-state index contributed by atoms with van der Waals surface area (Å²) >= 11 is 0. The highest BCUT2D eigenvalue weighted by molar-refractivity contribution is 5.58. The molecule has 0 unspecified atom stereocenters. The van der Waals surface area contributed by atoms with E-state index < -0.39 is 0 Å². The summed E-state index contributed by atoms with van der Waals surface area (Å²) < 4.78 is 18.1. The molecule has 2 aromatic carbocycles. The van der Waals surface area contributed by atoms with E-state index in [9.17, 15) is 4.39 Å². The van der Waals surface area contributed by atoms with Crippen molar-refractivity contribution >= 4 is 17.5 Å². The zero-order chi connectivity index (χ0) is 16.8. The number of halogens is 1. The third-order valence-corrected chi connectivity index (χ3v) is 3.26. The lowest BCUT2D eigenvalue weighted by atomic mass is 10.2. The Balaban J connectivity index is 1.66. The van der Waals surface area contributed by atoms with Crippen molar-refractivity contribution in [3.05, 3.63) is 66.1 Å². The van der Waals surface area contributed by atoms with Crippen LogP contribution in [0.5, 0.6) is 5.75 Å². The van der Waals surface area contributed by atoms with Crippen LogP contribution in [0.4, 0.5) is 21.8 Å². The van der Waals surface area contributed by atoms with Crippen molar-refractivity contribution in [2.45, 2.75) is 6.54 Å². The van der Waals surface area contributed by atoms with Gasteiger partial charge in [0.1, 0.15) is 11.6 Å². The number of ether oxygens (including phenoxy) is 1. The van der Waals surface area contributed by atoms with Crippen LogP contribution in [-0.2, 0) is 6.54 Å². The van der Waals surface area contributed by atoms with Gasteiger partial charge in [-0.1, -0.05) is 18.2 Å². The molecule has 0 aliphatic heterocycles. The Morgan fingerprint density at radius 3 is 2.75 bits per heavy atom. The standard InChI is InChI=1S/C17H16FN5O/c1-24-15-4-2-3-14(9-15)21-16-11-20-23-17(22-16)19-10-12-5-7-13(18)8-6-12/h2-9,11H,10H2,1H3,(H2,19,21,22,23). The Bertz CT molecular complexity index is 810. The van der Waals surface area contributed by atoms with Gasteiger partial charge in [0.15, 0.2) is 5.82 Å². The number of hydrogen-bond donors (Lipinski definition) is 2. The van der Waals surface area contributed by atoms with Gasteiger partial charge < -0.3 is 15.4 Å². The molecule has 24 heavy (non-hydrogen) atoms. The monoisotopic (exact) mass is 325 g/mol. The van der Waals surface area contributed by atoms with Crippen LogP contribution < -0.4 is 15.4 Å². The van der Waals surface area contributed by atoms with Crippen LogP contribution in [0.1, 0.15) is 5.56 Å². The summed E-state index contributed by atoms with van der Waals surface area (Å²) in [6, 6.07) is 13.7. The number of anilines is 3. The number of aromatic nitrogens is 3. The Morgan fingerprint density at radius 1 is 1.12 bits per heavy atom. The SMILES string of the molecule is COc1cccc(Nc2cnnc(NCc3ccc(F)cc3)n2)c1. The van der Waals surface area contributed by atoms with Crippen LogP contribution in [0.15, 0.2) is 54.7 Å². The van der Waals surface area contributed by atoms with E-state index in [0.717, 1.165) is 17.0 Å². The van der Waals surface area contributed by atoms with Gasteiger partial charge in [0.05, 0.1) is 13.3 Å². The van der Waals surface area contributed by atoms with Crippen LogP contribution in [0, 0.1) is 5.82 Å². The molecule has 3 aromatic rings. The molecule has 0 fully saturated rings. The summed E-state index contributed by atoms with van der Waals surface area (Å²) in [4.78, 5) is 4.35. The Morgan fingerprint density at radius 2 is 1.96 bits per heavy atom. The minimum Gasteiger partial charge on any atom is -0.497 e. The van der Waals surface area contributed by atoms with Crippen molar-refractivity contribution < 1.29 is 9.13 Å². The average molecular weight is 325 g/mol. The van der Waals surface area contributed by atoms with E-state index in [2.05, 4.69) is 25.8 Å². The van der Waals surface area contributed by atoms with Crippen LogP contribution in [0.25, 0.3) is 0 Å². The molecular weight excluding hydrogens is 309 g/mol. The lowest BCUT2D eigenvalue weighted by molar-refractivity contribution is 0.415. The third kappa shape index (κ3) is 4.16. The van der Waals surface area contributed by atoms with Crippen molar-refractivity contribution in [3.8, 4) is 5.75 Å². The van der Waals surface area contributed by atoms with Gasteiger partial charge >= 0.3 is 0 Å². The van der Waals surface area contributed by atoms with Gasteiger partial charge in [0, 0.05) is 18.3 Å². The van der Waals surface area contributed by atoms with E-state index in [1.54, 1.807) is 19.2 Å². The predicted octanol–water partition coefficient (Wildman–Crippen LogP) is 3.38. The molecule has 0 atom stereocenters. The van der Waals surface area contributed by atoms with E-state index >= 15 is 0 Å². The number of benzene rings is 2. The average Bonchev–Trinajstić information content (AvgIpc) is 2.62. The lowest BCUT2D eigenvalue weighted by Crippen LogP contribution is -2.06. The summed E-state index contributed by atoms with van der Waals surface area (Å²) in [6.07, 6.45) is 1.53. The number of methoxy groups -OCH3 is 1. The predicted molar refractivity (Wildman–Crippen MR) is 89.8 cm³/mol. The molecule has 0 amide bonds. The summed E-state index contributed by atoms with van der Waals surface area (Å²) in [7, 11) is 1.61. The van der Waals surface area contributed by atoms with Gasteiger partial charge in [0.2, 0.25) is 5.95 Å². The highest BCUT2D eigenvalue weighted by Gasteiger charge is 2.03. The topological polar surface area (TPSA) is 72.0 Å². The first-order valence-electron chi connectivity index (χ1n) is 7.32. The van der Waals surface area contributed by atoms with Crippen molar-refractivity contribution in [1.29, 1.82) is 0 Å². The number of nitrogens with zero attached hydrogens (tertiary/aromatic N) is 3. The van der Waals surface area contributed by atoms with Gasteiger partial charge in [0.25, 0.3) is 0 Å². The molecule has 1 aromatic heterocycles. The summed E-state index contributed by atoms with van der Waals surface area (Å²) in [5.74, 6) is 1.42. The van der Waals surface area contributed by atoms with Gasteiger partial charge in [-0.2, -0.15) is 10.1 Å². The minimum atomic E-state index is -0.263. The maximum atomic E-state index is 12.9. The molecular formula is C17H16FN5O. The first-order valence-corrected chi connectivity index (χ1v) is 7.32. The van der Waals surface area contributed by atoms with E-state index in [-0.39, 0.29) is 5.82 Å². The van der Waals surface area contributed by atoms with Crippen LogP contribution >= 0.6 is 0 Å². The van der Waals surface area contributed by atoms with Crippen LogP contribution in [0.3, 0.4) is 0 Å². The molecule has 0 aliphatic rings. The smallest absolute Gasteiger partial charge is 0.244 e.